The van der Waals surface area contributed by atoms with Crippen molar-refractivity contribution in [3.63, 3.8) is 0 Å². The van der Waals surface area contributed by atoms with Crippen LogP contribution in [0.25, 0.3) is 0 Å². The minimum absolute atomic E-state index is 0.259. The summed E-state index contributed by atoms with van der Waals surface area (Å²) in [7, 11) is 0. The monoisotopic (exact) mass is 320 g/mol. The molecule has 0 fully saturated rings. The largest absolute Gasteiger partial charge is 0.480 e. The van der Waals surface area contributed by atoms with E-state index in [1.54, 1.807) is 24.3 Å². The molecule has 0 bridgehead atoms. The molecular weight excluding hydrogens is 300 g/mol. The SMILES string of the molecule is CC(=O)NN=Cc1ccc(CC(N)C(=O)NC(C)C(=O)O)cc1. The molecule has 0 heterocycles. The van der Waals surface area contributed by atoms with Gasteiger partial charge in [-0.1, -0.05) is 24.3 Å². The highest BCUT2D eigenvalue weighted by Gasteiger charge is 2.19. The molecule has 0 radical (unpaired) electrons. The number of carbonyl (C=O) groups is 3. The zero-order valence-corrected chi connectivity index (χ0v) is 12.9. The van der Waals surface area contributed by atoms with Gasteiger partial charge in [0.05, 0.1) is 12.3 Å². The number of nitrogens with two attached hydrogens (primary N) is 1. The van der Waals surface area contributed by atoms with E-state index < -0.39 is 24.0 Å². The summed E-state index contributed by atoms with van der Waals surface area (Å²) in [5, 5.41) is 14.8. The van der Waals surface area contributed by atoms with Crippen LogP contribution in [0.3, 0.4) is 0 Å². The number of carbonyl (C=O) groups excluding carboxylic acids is 2. The Kier molecular flexibility index (Phi) is 6.88. The van der Waals surface area contributed by atoms with Gasteiger partial charge in [0.2, 0.25) is 11.8 Å². The van der Waals surface area contributed by atoms with Gasteiger partial charge in [-0.05, 0) is 24.5 Å². The van der Waals surface area contributed by atoms with Crippen molar-refractivity contribution in [1.82, 2.24) is 10.7 Å². The summed E-state index contributed by atoms with van der Waals surface area (Å²) in [6.07, 6.45) is 1.77. The van der Waals surface area contributed by atoms with Gasteiger partial charge >= 0.3 is 5.97 Å². The first-order valence-electron chi connectivity index (χ1n) is 6.97. The van der Waals surface area contributed by atoms with E-state index in [2.05, 4.69) is 15.8 Å². The van der Waals surface area contributed by atoms with Gasteiger partial charge in [0.1, 0.15) is 6.04 Å². The fourth-order valence-electron chi connectivity index (χ4n) is 1.67. The van der Waals surface area contributed by atoms with Crippen molar-refractivity contribution < 1.29 is 19.5 Å². The van der Waals surface area contributed by atoms with E-state index in [0.717, 1.165) is 11.1 Å². The van der Waals surface area contributed by atoms with Gasteiger partial charge in [0.25, 0.3) is 0 Å². The molecule has 0 aliphatic rings. The molecule has 0 aromatic heterocycles. The molecule has 124 valence electrons. The average Bonchev–Trinajstić information content (AvgIpc) is 2.48. The van der Waals surface area contributed by atoms with Crippen molar-refractivity contribution in [3.05, 3.63) is 35.4 Å². The number of hydrogen-bond donors (Lipinski definition) is 4. The van der Waals surface area contributed by atoms with E-state index >= 15 is 0 Å². The van der Waals surface area contributed by atoms with Crippen molar-refractivity contribution in [2.24, 2.45) is 10.8 Å². The van der Waals surface area contributed by atoms with Gasteiger partial charge < -0.3 is 16.2 Å². The lowest BCUT2D eigenvalue weighted by molar-refractivity contribution is -0.141. The summed E-state index contributed by atoms with van der Waals surface area (Å²) < 4.78 is 0. The molecule has 2 amide bonds. The molecule has 1 aromatic rings. The highest BCUT2D eigenvalue weighted by molar-refractivity contribution is 5.86. The summed E-state index contributed by atoms with van der Waals surface area (Å²) in [4.78, 5) is 33.1. The molecule has 0 saturated carbocycles. The first-order valence-corrected chi connectivity index (χ1v) is 6.97. The van der Waals surface area contributed by atoms with Gasteiger partial charge in [-0.25, -0.2) is 5.43 Å². The maximum absolute atomic E-state index is 11.8. The Hall–Kier alpha value is -2.74. The van der Waals surface area contributed by atoms with Crippen molar-refractivity contribution in [2.75, 3.05) is 0 Å². The van der Waals surface area contributed by atoms with Crippen LogP contribution in [0.1, 0.15) is 25.0 Å². The fourth-order valence-corrected chi connectivity index (χ4v) is 1.67. The third-order valence-electron chi connectivity index (χ3n) is 2.94. The molecule has 0 spiro atoms. The first-order chi connectivity index (χ1) is 10.8. The number of benzene rings is 1. The van der Waals surface area contributed by atoms with E-state index in [9.17, 15) is 14.4 Å². The number of rotatable bonds is 7. The van der Waals surface area contributed by atoms with Crippen LogP contribution in [0.5, 0.6) is 0 Å². The zero-order valence-electron chi connectivity index (χ0n) is 12.9. The predicted octanol–water partition coefficient (Wildman–Crippen LogP) is -0.384. The van der Waals surface area contributed by atoms with Crippen LogP contribution >= 0.6 is 0 Å². The summed E-state index contributed by atoms with van der Waals surface area (Å²) in [5.74, 6) is -1.89. The highest BCUT2D eigenvalue weighted by Crippen LogP contribution is 2.05. The molecule has 1 rings (SSSR count). The molecule has 8 heteroatoms. The molecule has 5 N–H and O–H groups in total. The van der Waals surface area contributed by atoms with Crippen LogP contribution in [0.4, 0.5) is 0 Å². The van der Waals surface area contributed by atoms with Gasteiger partial charge in [0.15, 0.2) is 0 Å². The van der Waals surface area contributed by atoms with Gasteiger partial charge in [-0.2, -0.15) is 5.10 Å². The molecule has 23 heavy (non-hydrogen) atoms. The topological polar surface area (TPSA) is 134 Å². The highest BCUT2D eigenvalue weighted by atomic mass is 16.4. The number of aliphatic carboxylic acids is 1. The first kappa shape index (κ1) is 18.3. The van der Waals surface area contributed by atoms with Gasteiger partial charge in [0, 0.05) is 6.92 Å². The number of carboxylic acid groups (broad SMARTS) is 1. The van der Waals surface area contributed by atoms with Crippen LogP contribution < -0.4 is 16.5 Å². The van der Waals surface area contributed by atoms with Crippen LogP contribution in [-0.2, 0) is 20.8 Å². The van der Waals surface area contributed by atoms with Crippen molar-refractivity contribution in [3.8, 4) is 0 Å². The second-order valence-electron chi connectivity index (χ2n) is 5.05. The molecule has 0 saturated heterocycles. The lowest BCUT2D eigenvalue weighted by atomic mass is 10.0. The predicted molar refractivity (Wildman–Crippen MR) is 84.8 cm³/mol. The Bertz CT molecular complexity index is 598. The quantitative estimate of drug-likeness (QED) is 0.401. The summed E-state index contributed by atoms with van der Waals surface area (Å²) in [6.45, 7) is 2.73. The molecule has 2 unspecified atom stereocenters. The Morgan fingerprint density at radius 1 is 1.30 bits per heavy atom. The van der Waals surface area contributed by atoms with E-state index in [-0.39, 0.29) is 12.3 Å². The molecule has 2 atom stereocenters. The van der Waals surface area contributed by atoms with Crippen LogP contribution in [0.2, 0.25) is 0 Å². The maximum Gasteiger partial charge on any atom is 0.325 e. The average molecular weight is 320 g/mol. The Labute approximate surface area is 133 Å². The number of hydrogen-bond acceptors (Lipinski definition) is 5. The van der Waals surface area contributed by atoms with E-state index in [1.807, 2.05) is 0 Å². The summed E-state index contributed by atoms with van der Waals surface area (Å²) in [5.41, 5.74) is 9.67. The fraction of sp³-hybridized carbons (Fsp3) is 0.333. The Morgan fingerprint density at radius 2 is 1.91 bits per heavy atom. The number of nitrogens with zero attached hydrogens (tertiary/aromatic N) is 1. The third kappa shape index (κ3) is 6.70. The standard InChI is InChI=1S/C15H20N4O4/c1-9(15(22)23)18-14(21)13(16)7-11-3-5-12(6-4-11)8-17-19-10(2)20/h3-6,8-9,13H,7,16H2,1-2H3,(H,18,21)(H,19,20)(H,22,23). The molecule has 0 aliphatic heterocycles. The lowest BCUT2D eigenvalue weighted by Gasteiger charge is -2.14. The number of hydrazone groups is 1. The van der Waals surface area contributed by atoms with Crippen LogP contribution in [-0.4, -0.2) is 41.2 Å². The van der Waals surface area contributed by atoms with E-state index in [0.29, 0.717) is 0 Å². The molecule has 1 aromatic carbocycles. The number of carboxylic acids is 1. The molecular formula is C15H20N4O4. The number of amides is 2. The van der Waals surface area contributed by atoms with Crippen molar-refractivity contribution in [2.45, 2.75) is 32.4 Å². The van der Waals surface area contributed by atoms with Crippen LogP contribution in [0, 0.1) is 0 Å². The Balaban J connectivity index is 2.57. The van der Waals surface area contributed by atoms with Gasteiger partial charge in [-0.3, -0.25) is 14.4 Å². The smallest absolute Gasteiger partial charge is 0.325 e. The lowest BCUT2D eigenvalue weighted by Crippen LogP contribution is -2.48. The Morgan fingerprint density at radius 3 is 2.43 bits per heavy atom. The zero-order chi connectivity index (χ0) is 17.4. The minimum Gasteiger partial charge on any atom is -0.480 e. The van der Waals surface area contributed by atoms with E-state index in [4.69, 9.17) is 10.8 Å². The minimum atomic E-state index is -1.12. The second-order valence-corrected chi connectivity index (χ2v) is 5.05. The van der Waals surface area contributed by atoms with Crippen molar-refractivity contribution >= 4 is 24.0 Å². The second kappa shape index (κ2) is 8.64. The summed E-state index contributed by atoms with van der Waals surface area (Å²) >= 11 is 0. The third-order valence-corrected chi connectivity index (χ3v) is 2.94. The van der Waals surface area contributed by atoms with Crippen molar-refractivity contribution in [1.29, 1.82) is 0 Å². The normalized spacial score (nSPS) is 13.3. The maximum atomic E-state index is 11.8. The summed E-state index contributed by atoms with van der Waals surface area (Å²) in [6, 6.07) is 5.28. The molecule has 0 aliphatic carbocycles. The van der Waals surface area contributed by atoms with E-state index in [1.165, 1.54) is 20.1 Å². The van der Waals surface area contributed by atoms with Crippen LogP contribution in [0.15, 0.2) is 29.4 Å². The number of nitrogens with one attached hydrogen (secondary N) is 2. The molecule has 8 nitrogen and oxygen atoms in total. The van der Waals surface area contributed by atoms with Gasteiger partial charge in [-0.15, -0.1) is 0 Å².